The van der Waals surface area contributed by atoms with Gasteiger partial charge >= 0.3 is 0 Å². The zero-order chi connectivity index (χ0) is 20.5. The lowest BCUT2D eigenvalue weighted by Gasteiger charge is -2.10. The van der Waals surface area contributed by atoms with Gasteiger partial charge in [-0.25, -0.2) is 0 Å². The molecule has 0 atom stereocenters. The highest BCUT2D eigenvalue weighted by Crippen LogP contribution is 2.34. The number of aryl methyl sites for hydroxylation is 1. The van der Waals surface area contributed by atoms with Crippen LogP contribution in [-0.2, 0) is 11.3 Å². The number of ether oxygens (including phenoxy) is 1. The standard InChI is InChI=1S/C22H17Cl3N2O2/c1-2-27-19-6-4-3-5-14(19)15-9-13(7-8-20(15)27)26-22(28)12-29-21-11-17(24)16(23)10-18(21)25/h3-11H,2,12H2,1H3,(H,26,28). The molecule has 0 saturated carbocycles. The molecule has 0 fully saturated rings. The van der Waals surface area contributed by atoms with E-state index in [2.05, 4.69) is 28.9 Å². The number of aromatic nitrogens is 1. The van der Waals surface area contributed by atoms with Crippen LogP contribution in [0.1, 0.15) is 6.92 Å². The van der Waals surface area contributed by atoms with Crippen molar-refractivity contribution in [3.63, 3.8) is 0 Å². The maximum atomic E-state index is 12.4. The molecule has 4 rings (SSSR count). The highest BCUT2D eigenvalue weighted by Gasteiger charge is 2.12. The fourth-order valence-corrected chi connectivity index (χ4v) is 4.02. The van der Waals surface area contributed by atoms with Gasteiger partial charge in [0.2, 0.25) is 0 Å². The van der Waals surface area contributed by atoms with Gasteiger partial charge in [-0.3, -0.25) is 4.79 Å². The fraction of sp³-hybridized carbons (Fsp3) is 0.136. The summed E-state index contributed by atoms with van der Waals surface area (Å²) in [4.78, 5) is 12.4. The van der Waals surface area contributed by atoms with E-state index in [1.54, 1.807) is 0 Å². The third-order valence-electron chi connectivity index (χ3n) is 4.71. The van der Waals surface area contributed by atoms with Crippen LogP contribution in [0.25, 0.3) is 21.8 Å². The van der Waals surface area contributed by atoms with E-state index < -0.39 is 0 Å². The van der Waals surface area contributed by atoms with Crippen LogP contribution in [0, 0.1) is 0 Å². The van der Waals surface area contributed by atoms with Crippen molar-refractivity contribution in [3.8, 4) is 5.75 Å². The van der Waals surface area contributed by atoms with Gasteiger partial charge in [0.15, 0.2) is 6.61 Å². The number of nitrogens with zero attached hydrogens (tertiary/aromatic N) is 1. The molecular weight excluding hydrogens is 431 g/mol. The quantitative estimate of drug-likeness (QED) is 0.342. The molecule has 1 N–H and O–H groups in total. The summed E-state index contributed by atoms with van der Waals surface area (Å²) in [6.07, 6.45) is 0. The predicted octanol–water partition coefficient (Wildman–Crippen LogP) is 6.79. The van der Waals surface area contributed by atoms with E-state index in [-0.39, 0.29) is 12.5 Å². The Balaban J connectivity index is 1.54. The van der Waals surface area contributed by atoms with Crippen molar-refractivity contribution in [2.24, 2.45) is 0 Å². The maximum absolute atomic E-state index is 12.4. The molecular formula is C22H17Cl3N2O2. The third-order valence-corrected chi connectivity index (χ3v) is 5.72. The molecule has 3 aromatic carbocycles. The molecule has 0 aliphatic rings. The molecule has 1 amide bonds. The maximum Gasteiger partial charge on any atom is 0.262 e. The zero-order valence-corrected chi connectivity index (χ0v) is 17.8. The average Bonchev–Trinajstić information content (AvgIpc) is 3.03. The Kier molecular flexibility index (Phi) is 5.59. The van der Waals surface area contributed by atoms with Gasteiger partial charge in [-0.05, 0) is 37.3 Å². The van der Waals surface area contributed by atoms with E-state index in [4.69, 9.17) is 39.5 Å². The molecule has 0 unspecified atom stereocenters. The van der Waals surface area contributed by atoms with Crippen molar-refractivity contribution in [3.05, 3.63) is 69.7 Å². The van der Waals surface area contributed by atoms with Crippen molar-refractivity contribution in [2.75, 3.05) is 11.9 Å². The number of amides is 1. The minimum absolute atomic E-state index is 0.202. The number of halogens is 3. The van der Waals surface area contributed by atoms with Gasteiger partial charge < -0.3 is 14.6 Å². The monoisotopic (exact) mass is 446 g/mol. The Morgan fingerprint density at radius 1 is 0.931 bits per heavy atom. The SMILES string of the molecule is CCn1c2ccccc2c2cc(NC(=O)COc3cc(Cl)c(Cl)cc3Cl)ccc21. The number of hydrogen-bond acceptors (Lipinski definition) is 2. The van der Waals surface area contributed by atoms with Crippen LogP contribution in [0.3, 0.4) is 0 Å². The number of hydrogen-bond donors (Lipinski definition) is 1. The first-order valence-electron chi connectivity index (χ1n) is 9.06. The van der Waals surface area contributed by atoms with Gasteiger partial charge in [0.25, 0.3) is 5.91 Å². The number of benzene rings is 3. The zero-order valence-electron chi connectivity index (χ0n) is 15.5. The molecule has 0 aliphatic carbocycles. The van der Waals surface area contributed by atoms with Crippen LogP contribution in [0.4, 0.5) is 5.69 Å². The van der Waals surface area contributed by atoms with Gasteiger partial charge in [-0.1, -0.05) is 53.0 Å². The molecule has 0 radical (unpaired) electrons. The summed E-state index contributed by atoms with van der Waals surface area (Å²) in [5, 5.41) is 6.04. The molecule has 1 heterocycles. The topological polar surface area (TPSA) is 43.3 Å². The van der Waals surface area contributed by atoms with E-state index in [0.717, 1.165) is 22.8 Å². The summed E-state index contributed by atoms with van der Waals surface area (Å²) < 4.78 is 7.75. The summed E-state index contributed by atoms with van der Waals surface area (Å²) in [5.74, 6) is 0.00315. The number of anilines is 1. The van der Waals surface area contributed by atoms with Crippen LogP contribution in [-0.4, -0.2) is 17.1 Å². The van der Waals surface area contributed by atoms with Crippen LogP contribution < -0.4 is 10.1 Å². The van der Waals surface area contributed by atoms with Gasteiger partial charge in [-0.2, -0.15) is 0 Å². The van der Waals surface area contributed by atoms with Crippen LogP contribution in [0.15, 0.2) is 54.6 Å². The number of para-hydroxylation sites is 1. The number of nitrogens with one attached hydrogen (secondary N) is 1. The first kappa shape index (κ1) is 19.9. The lowest BCUT2D eigenvalue weighted by atomic mass is 10.1. The lowest BCUT2D eigenvalue weighted by Crippen LogP contribution is -2.20. The summed E-state index contributed by atoms with van der Waals surface area (Å²) in [5.41, 5.74) is 3.00. The summed E-state index contributed by atoms with van der Waals surface area (Å²) in [6.45, 7) is 2.79. The predicted molar refractivity (Wildman–Crippen MR) is 121 cm³/mol. The smallest absolute Gasteiger partial charge is 0.262 e. The second-order valence-electron chi connectivity index (χ2n) is 6.53. The van der Waals surface area contributed by atoms with E-state index in [1.807, 2.05) is 30.3 Å². The third kappa shape index (κ3) is 3.88. The Morgan fingerprint density at radius 3 is 2.45 bits per heavy atom. The average molecular weight is 448 g/mol. The Morgan fingerprint density at radius 2 is 1.66 bits per heavy atom. The van der Waals surface area contributed by atoms with E-state index in [9.17, 15) is 4.79 Å². The lowest BCUT2D eigenvalue weighted by molar-refractivity contribution is -0.118. The van der Waals surface area contributed by atoms with Crippen molar-refractivity contribution >= 4 is 68.2 Å². The largest absolute Gasteiger partial charge is 0.482 e. The molecule has 29 heavy (non-hydrogen) atoms. The van der Waals surface area contributed by atoms with Crippen LogP contribution >= 0.6 is 34.8 Å². The summed E-state index contributed by atoms with van der Waals surface area (Å²) in [7, 11) is 0. The molecule has 1 aromatic heterocycles. The van der Waals surface area contributed by atoms with E-state index in [1.165, 1.54) is 17.6 Å². The summed E-state index contributed by atoms with van der Waals surface area (Å²) in [6, 6.07) is 17.1. The van der Waals surface area contributed by atoms with Crippen molar-refractivity contribution in [1.29, 1.82) is 0 Å². The molecule has 148 valence electrons. The van der Waals surface area contributed by atoms with E-state index >= 15 is 0 Å². The van der Waals surface area contributed by atoms with Crippen molar-refractivity contribution in [1.82, 2.24) is 4.57 Å². The number of fused-ring (bicyclic) bond motifs is 3. The Labute approximate surface area is 182 Å². The molecule has 0 saturated heterocycles. The summed E-state index contributed by atoms with van der Waals surface area (Å²) >= 11 is 18.0. The minimum Gasteiger partial charge on any atom is -0.482 e. The molecule has 4 nitrogen and oxygen atoms in total. The molecule has 0 spiro atoms. The van der Waals surface area contributed by atoms with Crippen molar-refractivity contribution in [2.45, 2.75) is 13.5 Å². The number of carbonyl (C=O) groups excluding carboxylic acids is 1. The molecule has 7 heteroatoms. The second kappa shape index (κ2) is 8.15. The highest BCUT2D eigenvalue weighted by atomic mass is 35.5. The van der Waals surface area contributed by atoms with Gasteiger partial charge in [-0.15, -0.1) is 0 Å². The highest BCUT2D eigenvalue weighted by molar-refractivity contribution is 6.43. The molecule has 0 aliphatic heterocycles. The molecule has 4 aromatic rings. The van der Waals surface area contributed by atoms with Crippen molar-refractivity contribution < 1.29 is 9.53 Å². The fourth-order valence-electron chi connectivity index (χ4n) is 3.43. The number of rotatable bonds is 5. The van der Waals surface area contributed by atoms with Gasteiger partial charge in [0, 0.05) is 40.1 Å². The Hall–Kier alpha value is -2.40. The first-order chi connectivity index (χ1) is 14.0. The van der Waals surface area contributed by atoms with Gasteiger partial charge in [0.05, 0.1) is 15.1 Å². The van der Waals surface area contributed by atoms with Crippen LogP contribution in [0.5, 0.6) is 5.75 Å². The van der Waals surface area contributed by atoms with E-state index in [0.29, 0.717) is 26.5 Å². The Bertz CT molecular complexity index is 1230. The van der Waals surface area contributed by atoms with Gasteiger partial charge in [0.1, 0.15) is 5.75 Å². The van der Waals surface area contributed by atoms with Crippen LogP contribution in [0.2, 0.25) is 15.1 Å². The molecule has 0 bridgehead atoms. The first-order valence-corrected chi connectivity index (χ1v) is 10.2. The minimum atomic E-state index is -0.300. The number of carbonyl (C=O) groups is 1. The normalized spacial score (nSPS) is 11.2. The second-order valence-corrected chi connectivity index (χ2v) is 7.75.